The standard InChI is InChI=1S/C76H92N10O23S2/c1-45-51(50-19-20-52(80-61(50)67(94)95)47-16-15-46-11-10-25-84(55(46)33-47)71(98)82-70-81-53-12-7-8-13-57(53)110-70)35-78-86(45)44-75-39-73(2)38-74(3,40-75)42-76(41-73,43-75)107-30-27-83(26-29-103-4)72(99)106-36-48-17-18-49(108-69-64(92)62(90)63(91)65(109-69)68(96)97)34-56(48)105-32-31-104-28-23-77-66(93)54(37-111(100,101)102)79-58(87)14-6-5-9-24-85-59(88)21-22-60(85)89/h7-8,12-13,15-22,33-35,54,62-65,69,90-92H,5-6,9-11,14,23-32,36-44H2,1-4H3,(H,77,93)(H,79,87)(H,94,95)(H,96,97)(H,81,82,98)(H,100,101,102)/t54-,62+,63-,64+,65-,69-,73?,74?,75?,76?/m0/s1. The van der Waals surface area contributed by atoms with Crippen LogP contribution in [0.5, 0.6) is 11.5 Å². The molecule has 9 N–H and O–H groups in total. The van der Waals surface area contributed by atoms with Crippen LogP contribution in [0.15, 0.2) is 91.1 Å². The van der Waals surface area contributed by atoms with Crippen LogP contribution in [0, 0.1) is 23.2 Å². The van der Waals surface area contributed by atoms with Crippen LogP contribution >= 0.6 is 11.3 Å². The normalized spacial score (nSPS) is 24.2. The molecule has 4 aliphatic carbocycles. The number of hydrogen-bond donors (Lipinski definition) is 9. The van der Waals surface area contributed by atoms with E-state index in [1.807, 2.05) is 54.1 Å². The molecular formula is C76H92N10O23S2. The number of hydrogen-bond acceptors (Lipinski definition) is 24. The van der Waals surface area contributed by atoms with Crippen LogP contribution in [-0.4, -0.2) is 237 Å². The minimum atomic E-state index is -4.75. The van der Waals surface area contributed by atoms with Gasteiger partial charge in [0.15, 0.2) is 16.9 Å². The van der Waals surface area contributed by atoms with Crippen molar-refractivity contribution in [3.8, 4) is 33.9 Å². The van der Waals surface area contributed by atoms with Crippen molar-refractivity contribution in [1.82, 2.24) is 40.2 Å². The Balaban J connectivity index is 0.670. The largest absolute Gasteiger partial charge is 0.491 e. The number of ether oxygens (including phenoxy) is 7. The van der Waals surface area contributed by atoms with Gasteiger partial charge in [0, 0.05) is 105 Å². The first-order valence-electron chi connectivity index (χ1n) is 36.8. The van der Waals surface area contributed by atoms with Crippen molar-refractivity contribution in [3.63, 3.8) is 0 Å². The molecule has 2 unspecified atom stereocenters. The second-order valence-electron chi connectivity index (χ2n) is 30.2. The van der Waals surface area contributed by atoms with Crippen molar-refractivity contribution in [2.75, 3.05) is 88.8 Å². The molecule has 33 nitrogen and oxygen atoms in total. The Labute approximate surface area is 643 Å². The first kappa shape index (κ1) is 80.9. The number of amides is 7. The summed E-state index contributed by atoms with van der Waals surface area (Å²) in [5.41, 5.74) is 4.50. The maximum atomic E-state index is 14.3. The number of aromatic nitrogens is 4. The predicted molar refractivity (Wildman–Crippen MR) is 399 cm³/mol. The van der Waals surface area contributed by atoms with Crippen molar-refractivity contribution < 1.29 is 110 Å². The Morgan fingerprint density at radius 1 is 0.820 bits per heavy atom. The highest BCUT2D eigenvalue weighted by Crippen LogP contribution is 2.72. The fourth-order valence-electron chi connectivity index (χ4n) is 17.3. The van der Waals surface area contributed by atoms with E-state index in [1.54, 1.807) is 23.2 Å². The number of methoxy groups -OCH3 is 1. The summed E-state index contributed by atoms with van der Waals surface area (Å²) in [5.74, 6) is -6.51. The number of carboxylic acid groups (broad SMARTS) is 2. The van der Waals surface area contributed by atoms with Crippen LogP contribution in [0.25, 0.3) is 32.6 Å². The molecule has 3 aromatic heterocycles. The predicted octanol–water partition coefficient (Wildman–Crippen LogP) is 6.27. The van der Waals surface area contributed by atoms with E-state index in [4.69, 9.17) is 43.2 Å². The van der Waals surface area contributed by atoms with E-state index in [0.29, 0.717) is 65.6 Å². The van der Waals surface area contributed by atoms with Crippen LogP contribution in [0.1, 0.15) is 112 Å². The maximum absolute atomic E-state index is 14.3. The fourth-order valence-corrected chi connectivity index (χ4v) is 18.9. The van der Waals surface area contributed by atoms with Gasteiger partial charge in [-0.15, -0.1) is 0 Å². The first-order chi connectivity index (χ1) is 52.9. The minimum absolute atomic E-state index is 0.0411. The van der Waals surface area contributed by atoms with Gasteiger partial charge in [0.25, 0.3) is 21.9 Å². The monoisotopic (exact) mass is 1580 g/mol. The van der Waals surface area contributed by atoms with Crippen LogP contribution in [0.3, 0.4) is 0 Å². The molecule has 13 rings (SSSR count). The number of aromatic carboxylic acids is 1. The number of nitrogens with one attached hydrogen (secondary N) is 3. The highest BCUT2D eigenvalue weighted by Gasteiger charge is 2.66. The lowest BCUT2D eigenvalue weighted by Crippen LogP contribution is -2.64. The number of para-hydroxylation sites is 1. The number of urea groups is 1. The molecule has 596 valence electrons. The van der Waals surface area contributed by atoms with Gasteiger partial charge < -0.3 is 74.2 Å². The molecule has 5 fully saturated rings. The number of carbonyl (C=O) groups is 8. The lowest BCUT2D eigenvalue weighted by Gasteiger charge is -2.69. The molecule has 4 bridgehead atoms. The quantitative estimate of drug-likeness (QED) is 0.0120. The number of rotatable bonds is 35. The third-order valence-electron chi connectivity index (χ3n) is 21.2. The molecule has 1 saturated heterocycles. The molecule has 7 aliphatic rings. The van der Waals surface area contributed by atoms with Gasteiger partial charge in [0.1, 0.15) is 54.8 Å². The number of aliphatic hydroxyl groups excluding tert-OH is 3. The molecule has 3 aromatic carbocycles. The van der Waals surface area contributed by atoms with Crippen LogP contribution < -0.4 is 30.3 Å². The van der Waals surface area contributed by atoms with Gasteiger partial charge in [-0.05, 0) is 135 Å². The summed E-state index contributed by atoms with van der Waals surface area (Å²) in [6, 6.07) is 19.2. The van der Waals surface area contributed by atoms with Gasteiger partial charge >= 0.3 is 24.1 Å². The van der Waals surface area contributed by atoms with Gasteiger partial charge in [-0.2, -0.15) is 13.5 Å². The number of benzene rings is 3. The van der Waals surface area contributed by atoms with Crippen molar-refractivity contribution in [3.05, 3.63) is 114 Å². The van der Waals surface area contributed by atoms with Crippen molar-refractivity contribution in [2.45, 2.75) is 153 Å². The number of fused-ring (bicyclic) bond motifs is 2. The second kappa shape index (κ2) is 34.2. The topological polar surface area (TPSA) is 446 Å². The number of unbranched alkanes of at least 4 members (excludes halogenated alkanes) is 2. The summed E-state index contributed by atoms with van der Waals surface area (Å²) >= 11 is 1.39. The summed E-state index contributed by atoms with van der Waals surface area (Å²) in [7, 11) is -3.25. The average molecular weight is 1580 g/mol. The number of pyridine rings is 1. The average Bonchev–Trinajstić information content (AvgIpc) is 1.07. The van der Waals surface area contributed by atoms with Crippen LogP contribution in [0.2, 0.25) is 0 Å². The van der Waals surface area contributed by atoms with Crippen LogP contribution in [-0.2, 0) is 77.3 Å². The highest BCUT2D eigenvalue weighted by molar-refractivity contribution is 7.85. The van der Waals surface area contributed by atoms with Gasteiger partial charge in [-0.1, -0.05) is 55.9 Å². The molecule has 35 heteroatoms. The minimum Gasteiger partial charge on any atom is -0.491 e. The molecule has 7 amide bonds. The number of aliphatic hydroxyl groups is 3. The Hall–Kier alpha value is -9.56. The number of aliphatic carboxylic acids is 1. The molecule has 6 heterocycles. The van der Waals surface area contributed by atoms with Gasteiger partial charge in [-0.25, -0.2) is 29.1 Å². The summed E-state index contributed by atoms with van der Waals surface area (Å²) in [6.45, 7) is 7.16. The van der Waals surface area contributed by atoms with Gasteiger partial charge in [0.2, 0.25) is 18.1 Å². The number of carboxylic acids is 2. The van der Waals surface area contributed by atoms with E-state index < -0.39 is 99.9 Å². The number of anilines is 2. The Bertz CT molecular complexity index is 4580. The molecule has 6 aromatic rings. The van der Waals surface area contributed by atoms with E-state index in [2.05, 4.69) is 34.8 Å². The molecule has 0 radical (unpaired) electrons. The molecule has 111 heavy (non-hydrogen) atoms. The van der Waals surface area contributed by atoms with Crippen molar-refractivity contribution in [1.29, 1.82) is 0 Å². The third-order valence-corrected chi connectivity index (χ3v) is 22.9. The van der Waals surface area contributed by atoms with E-state index in [-0.39, 0.29) is 124 Å². The Kier molecular flexibility index (Phi) is 24.9. The zero-order valence-corrected chi connectivity index (χ0v) is 63.5. The Morgan fingerprint density at radius 2 is 1.58 bits per heavy atom. The SMILES string of the molecule is COCCN(CCOC12CC3(C)CC(C)(CC(Cn4ncc(-c5ccc(-c6ccc7c(c6)N(C(=O)Nc6nc8ccccc8s6)CCC7)nc5C(=O)O)c4C)(C3)C1)C2)C(=O)OCc1ccc(O[C@H]2O[C@H](C(=O)O)[C@@H](O)[C@@H](O)[C@H]2O)cc1OCCOCCNC(=O)[C@H](CS(=O)(=O)O)NC(=O)CCCCCN1C(=O)C=CC1=O. The number of aryl methyl sites for hydroxylation is 1. The summed E-state index contributed by atoms with van der Waals surface area (Å²) < 4.78 is 77.6. The van der Waals surface area contributed by atoms with Gasteiger partial charge in [0.05, 0.1) is 54.1 Å². The third kappa shape index (κ3) is 19.3. The van der Waals surface area contributed by atoms with E-state index >= 15 is 0 Å². The van der Waals surface area contributed by atoms with E-state index in [9.17, 15) is 76.9 Å². The maximum Gasteiger partial charge on any atom is 0.410 e. The smallest absolute Gasteiger partial charge is 0.410 e. The number of carbonyl (C=O) groups excluding carboxylic acids is 6. The summed E-state index contributed by atoms with van der Waals surface area (Å²) in [4.78, 5) is 116. The van der Waals surface area contributed by atoms with Crippen molar-refractivity contribution >= 4 is 90.2 Å². The number of nitrogens with zero attached hydrogens (tertiary/aromatic N) is 7. The number of imide groups is 1. The highest BCUT2D eigenvalue weighted by atomic mass is 32.2. The molecule has 3 aliphatic heterocycles. The van der Waals surface area contributed by atoms with Gasteiger partial charge in [-0.3, -0.25) is 43.5 Å². The zero-order valence-electron chi connectivity index (χ0n) is 61.9. The first-order valence-corrected chi connectivity index (χ1v) is 39.2. The zero-order chi connectivity index (χ0) is 79.2. The molecular weight excluding hydrogens is 1490 g/mol. The lowest BCUT2D eigenvalue weighted by atomic mass is 9.39. The number of thiazole rings is 1. The molecule has 4 saturated carbocycles. The molecule has 8 atom stereocenters. The summed E-state index contributed by atoms with van der Waals surface area (Å²) in [6.07, 6.45) is 1.26. The summed E-state index contributed by atoms with van der Waals surface area (Å²) in [5, 5.41) is 65.2. The van der Waals surface area contributed by atoms with E-state index in [0.717, 1.165) is 83.5 Å². The Morgan fingerprint density at radius 3 is 2.31 bits per heavy atom. The lowest BCUT2D eigenvalue weighted by molar-refractivity contribution is -0.271. The van der Waals surface area contributed by atoms with Crippen molar-refractivity contribution in [2.24, 2.45) is 16.2 Å². The van der Waals surface area contributed by atoms with Crippen LogP contribution in [0.4, 0.5) is 20.4 Å². The fraction of sp³-hybridized carbons (Fsp3) is 0.513. The molecule has 0 spiro atoms. The van der Waals surface area contributed by atoms with E-state index in [1.165, 1.54) is 41.5 Å². The second-order valence-corrected chi connectivity index (χ2v) is 32.7.